The number of halogens is 2. The molecule has 0 aliphatic heterocycles. The van der Waals surface area contributed by atoms with Gasteiger partial charge in [-0.2, -0.15) is 0 Å². The zero-order valence-corrected chi connectivity index (χ0v) is 15.9. The van der Waals surface area contributed by atoms with E-state index in [2.05, 4.69) is 43.2 Å². The summed E-state index contributed by atoms with van der Waals surface area (Å²) in [5, 5.41) is 0. The first-order valence-corrected chi connectivity index (χ1v) is 9.32. The molecule has 0 spiro atoms. The molecule has 0 radical (unpaired) electrons. The summed E-state index contributed by atoms with van der Waals surface area (Å²) in [4.78, 5) is 0.209. The predicted molar refractivity (Wildman–Crippen MR) is 95.4 cm³/mol. The zero-order chi connectivity index (χ0) is 15.6. The number of aryl methyl sites for hydroxylation is 1. The molecule has 0 aromatic heterocycles. The second-order valence-corrected chi connectivity index (χ2v) is 8.05. The average molecular weight is 482 g/mol. The Morgan fingerprint density at radius 1 is 1.14 bits per heavy atom. The van der Waals surface area contributed by atoms with Crippen LogP contribution in [0.15, 0.2) is 45.8 Å². The van der Waals surface area contributed by atoms with Crippen LogP contribution in [-0.4, -0.2) is 15.5 Å². The van der Waals surface area contributed by atoms with Gasteiger partial charge < -0.3 is 4.74 Å². The van der Waals surface area contributed by atoms with E-state index in [1.54, 1.807) is 30.3 Å². The summed E-state index contributed by atoms with van der Waals surface area (Å²) in [6, 6.07) is 10.3. The molecule has 21 heavy (non-hydrogen) atoms. The lowest BCUT2D eigenvalue weighted by Gasteiger charge is -2.15. The fraction of sp³-hybridized carbons (Fsp3) is 0.143. The smallest absolute Gasteiger partial charge is 0.262 e. The van der Waals surface area contributed by atoms with E-state index in [9.17, 15) is 8.42 Å². The highest BCUT2D eigenvalue weighted by Crippen LogP contribution is 2.37. The molecule has 0 aliphatic rings. The molecular formula is C14H13BrINO3S. The first kappa shape index (κ1) is 16.6. The predicted octanol–water partition coefficient (Wildman–Crippen LogP) is 4.17. The van der Waals surface area contributed by atoms with Gasteiger partial charge in [0, 0.05) is 4.47 Å². The van der Waals surface area contributed by atoms with Crippen molar-refractivity contribution in [3.8, 4) is 5.75 Å². The third-order valence-corrected chi connectivity index (χ3v) is 5.71. The summed E-state index contributed by atoms with van der Waals surface area (Å²) >= 11 is 5.44. The topological polar surface area (TPSA) is 55.4 Å². The lowest BCUT2D eigenvalue weighted by molar-refractivity contribution is 0.413. The number of hydrogen-bond acceptors (Lipinski definition) is 3. The van der Waals surface area contributed by atoms with Crippen molar-refractivity contribution in [2.75, 3.05) is 11.8 Å². The summed E-state index contributed by atoms with van der Waals surface area (Å²) in [6.45, 7) is 1.91. The van der Waals surface area contributed by atoms with Crippen molar-refractivity contribution >= 4 is 54.2 Å². The molecule has 4 nitrogen and oxygen atoms in total. The summed E-state index contributed by atoms with van der Waals surface area (Å²) in [5.41, 5.74) is 1.40. The molecule has 2 aromatic rings. The van der Waals surface area contributed by atoms with Crippen LogP contribution in [-0.2, 0) is 10.0 Å². The van der Waals surface area contributed by atoms with Crippen LogP contribution in [0.3, 0.4) is 0 Å². The van der Waals surface area contributed by atoms with E-state index in [1.165, 1.54) is 7.11 Å². The molecule has 0 aliphatic carbocycles. The number of nitrogens with one attached hydrogen (secondary N) is 1. The third-order valence-electron chi connectivity index (χ3n) is 2.83. The number of rotatable bonds is 4. The third kappa shape index (κ3) is 3.70. The van der Waals surface area contributed by atoms with Gasteiger partial charge in [-0.3, -0.25) is 4.72 Å². The molecule has 0 fully saturated rings. The van der Waals surface area contributed by atoms with Crippen molar-refractivity contribution in [3.05, 3.63) is 50.0 Å². The van der Waals surface area contributed by atoms with E-state index in [-0.39, 0.29) is 4.90 Å². The Bertz CT molecular complexity index is 761. The van der Waals surface area contributed by atoms with Gasteiger partial charge in [0.2, 0.25) is 0 Å². The maximum absolute atomic E-state index is 12.5. The highest BCUT2D eigenvalue weighted by atomic mass is 127. The molecule has 0 unspecified atom stereocenters. The van der Waals surface area contributed by atoms with Crippen LogP contribution in [0.25, 0.3) is 0 Å². The van der Waals surface area contributed by atoms with Crippen LogP contribution in [0, 0.1) is 10.5 Å². The fourth-order valence-corrected chi connectivity index (χ4v) is 4.03. The summed E-state index contributed by atoms with van der Waals surface area (Å²) in [6.07, 6.45) is 0. The van der Waals surface area contributed by atoms with Gasteiger partial charge in [-0.05, 0) is 69.7 Å². The van der Waals surface area contributed by atoms with Crippen molar-refractivity contribution < 1.29 is 13.2 Å². The Kier molecular flexibility index (Phi) is 5.15. The standard InChI is InChI=1S/C14H13BrINO3S/c1-9-3-5-10(6-4-9)21(18,19)17-13-11(15)7-8-12(16)14(13)20-2/h3-8,17H,1-2H3. The molecule has 0 bridgehead atoms. The molecule has 7 heteroatoms. The molecular weight excluding hydrogens is 469 g/mol. The minimum atomic E-state index is -3.67. The van der Waals surface area contributed by atoms with Gasteiger partial charge in [0.05, 0.1) is 15.6 Å². The van der Waals surface area contributed by atoms with Gasteiger partial charge in [0.1, 0.15) is 5.69 Å². The van der Waals surface area contributed by atoms with E-state index >= 15 is 0 Å². The van der Waals surface area contributed by atoms with Crippen LogP contribution >= 0.6 is 38.5 Å². The number of sulfonamides is 1. The van der Waals surface area contributed by atoms with Crippen LogP contribution in [0.1, 0.15) is 5.56 Å². The van der Waals surface area contributed by atoms with Crippen molar-refractivity contribution in [2.45, 2.75) is 11.8 Å². The highest BCUT2D eigenvalue weighted by Gasteiger charge is 2.20. The van der Waals surface area contributed by atoms with Crippen molar-refractivity contribution in [3.63, 3.8) is 0 Å². The van der Waals surface area contributed by atoms with Crippen LogP contribution in [0.2, 0.25) is 0 Å². The van der Waals surface area contributed by atoms with Gasteiger partial charge in [-0.1, -0.05) is 17.7 Å². The van der Waals surface area contributed by atoms with E-state index in [4.69, 9.17) is 4.74 Å². The van der Waals surface area contributed by atoms with Gasteiger partial charge in [0.15, 0.2) is 5.75 Å². The number of benzene rings is 2. The largest absolute Gasteiger partial charge is 0.493 e. The Morgan fingerprint density at radius 3 is 2.33 bits per heavy atom. The number of methoxy groups -OCH3 is 1. The molecule has 2 aromatic carbocycles. The van der Waals surface area contributed by atoms with Crippen molar-refractivity contribution in [1.29, 1.82) is 0 Å². The number of hydrogen-bond donors (Lipinski definition) is 1. The quantitative estimate of drug-likeness (QED) is 0.666. The second kappa shape index (κ2) is 6.53. The Morgan fingerprint density at radius 2 is 1.76 bits per heavy atom. The number of ether oxygens (including phenoxy) is 1. The summed E-state index contributed by atoms with van der Waals surface area (Å²) in [7, 11) is -2.16. The first-order valence-electron chi connectivity index (χ1n) is 5.96. The lowest BCUT2D eigenvalue weighted by atomic mass is 10.2. The van der Waals surface area contributed by atoms with Gasteiger partial charge in [0.25, 0.3) is 10.0 Å². The van der Waals surface area contributed by atoms with Gasteiger partial charge in [-0.15, -0.1) is 0 Å². The zero-order valence-electron chi connectivity index (χ0n) is 11.4. The first-order chi connectivity index (χ1) is 9.85. The SMILES string of the molecule is COc1c(I)ccc(Br)c1NS(=O)(=O)c1ccc(C)cc1. The minimum Gasteiger partial charge on any atom is -0.493 e. The molecule has 2 rings (SSSR count). The summed E-state index contributed by atoms with van der Waals surface area (Å²) in [5.74, 6) is 0.487. The fourth-order valence-electron chi connectivity index (χ4n) is 1.74. The summed E-state index contributed by atoms with van der Waals surface area (Å²) < 4.78 is 34.2. The average Bonchev–Trinajstić information content (AvgIpc) is 2.43. The number of anilines is 1. The Balaban J connectivity index is 2.46. The monoisotopic (exact) mass is 481 g/mol. The Labute approximate surface area is 146 Å². The lowest BCUT2D eigenvalue weighted by Crippen LogP contribution is -2.14. The second-order valence-electron chi connectivity index (χ2n) is 4.36. The molecule has 1 N–H and O–H groups in total. The maximum Gasteiger partial charge on any atom is 0.262 e. The van der Waals surface area contributed by atoms with E-state index < -0.39 is 10.0 Å². The Hall–Kier alpha value is -0.800. The molecule has 0 heterocycles. The molecule has 0 saturated carbocycles. The maximum atomic E-state index is 12.5. The van der Waals surface area contributed by atoms with E-state index in [0.29, 0.717) is 15.9 Å². The van der Waals surface area contributed by atoms with Crippen molar-refractivity contribution in [2.24, 2.45) is 0 Å². The normalized spacial score (nSPS) is 11.2. The minimum absolute atomic E-state index is 0.209. The molecule has 0 atom stereocenters. The van der Waals surface area contributed by atoms with Crippen LogP contribution in [0.4, 0.5) is 5.69 Å². The van der Waals surface area contributed by atoms with Crippen LogP contribution in [0.5, 0.6) is 5.75 Å². The molecule has 0 saturated heterocycles. The molecule has 112 valence electrons. The van der Waals surface area contributed by atoms with Crippen molar-refractivity contribution in [1.82, 2.24) is 0 Å². The van der Waals surface area contributed by atoms with Gasteiger partial charge in [-0.25, -0.2) is 8.42 Å². The van der Waals surface area contributed by atoms with E-state index in [0.717, 1.165) is 9.13 Å². The van der Waals surface area contributed by atoms with Gasteiger partial charge >= 0.3 is 0 Å². The highest BCUT2D eigenvalue weighted by molar-refractivity contribution is 14.1. The van der Waals surface area contributed by atoms with Crippen LogP contribution < -0.4 is 9.46 Å². The molecule has 0 amide bonds. The van der Waals surface area contributed by atoms with E-state index in [1.807, 2.05) is 13.0 Å².